The number of hydrogen-bond donors (Lipinski definition) is 3. The summed E-state index contributed by atoms with van der Waals surface area (Å²) in [5.74, 6) is 0.0381. The van der Waals surface area contributed by atoms with E-state index in [1.165, 1.54) is 11.1 Å². The fraction of sp³-hybridized carbons (Fsp3) is 0.300. The van der Waals surface area contributed by atoms with E-state index in [9.17, 15) is 4.79 Å². The van der Waals surface area contributed by atoms with E-state index in [1.54, 1.807) is 12.4 Å². The molecule has 5 nitrogen and oxygen atoms in total. The zero-order valence-corrected chi connectivity index (χ0v) is 14.9. The fourth-order valence-corrected chi connectivity index (χ4v) is 3.16. The number of hydrogen-bond acceptors (Lipinski definition) is 3. The molecule has 1 amide bonds. The predicted octanol–water partition coefficient (Wildman–Crippen LogP) is 3.26. The Bertz CT molecular complexity index is 884. The molecule has 0 atom stereocenters. The lowest BCUT2D eigenvalue weighted by Crippen LogP contribution is -2.30. The molecule has 2 aromatic heterocycles. The summed E-state index contributed by atoms with van der Waals surface area (Å²) in [4.78, 5) is 19.8. The number of H-pyrrole nitrogens is 1. The molecule has 3 N–H and O–H groups in total. The van der Waals surface area contributed by atoms with E-state index in [4.69, 9.17) is 0 Å². The average molecular weight is 336 g/mol. The van der Waals surface area contributed by atoms with Gasteiger partial charge in [0.2, 0.25) is 5.91 Å². The molecule has 0 aliphatic carbocycles. The predicted molar refractivity (Wildman–Crippen MR) is 102 cm³/mol. The van der Waals surface area contributed by atoms with Crippen LogP contribution in [0.15, 0.2) is 36.7 Å². The van der Waals surface area contributed by atoms with E-state index in [1.807, 2.05) is 19.1 Å². The molecule has 0 fully saturated rings. The number of carbonyl (C=O) groups is 1. The van der Waals surface area contributed by atoms with Crippen molar-refractivity contribution in [2.24, 2.45) is 0 Å². The van der Waals surface area contributed by atoms with E-state index >= 15 is 0 Å². The van der Waals surface area contributed by atoms with Gasteiger partial charge in [0.25, 0.3) is 0 Å². The van der Waals surface area contributed by atoms with Crippen molar-refractivity contribution in [3.63, 3.8) is 0 Å². The molecule has 3 aromatic rings. The lowest BCUT2D eigenvalue weighted by molar-refractivity contribution is -0.120. The Labute approximate surface area is 147 Å². The van der Waals surface area contributed by atoms with Crippen LogP contribution < -0.4 is 10.6 Å². The first-order valence-corrected chi connectivity index (χ1v) is 8.53. The molecular formula is C20H24N4O. The summed E-state index contributed by atoms with van der Waals surface area (Å²) >= 11 is 0. The van der Waals surface area contributed by atoms with Crippen LogP contribution in [0.25, 0.3) is 10.9 Å². The van der Waals surface area contributed by atoms with Crippen LogP contribution in [0.2, 0.25) is 0 Å². The summed E-state index contributed by atoms with van der Waals surface area (Å²) in [6, 6.07) is 8.14. The molecule has 0 aliphatic rings. The van der Waals surface area contributed by atoms with Crippen LogP contribution in [0.3, 0.4) is 0 Å². The number of aromatic amines is 1. The number of amides is 1. The maximum Gasteiger partial charge on any atom is 0.224 e. The summed E-state index contributed by atoms with van der Waals surface area (Å²) < 4.78 is 0. The van der Waals surface area contributed by atoms with Gasteiger partial charge in [-0.3, -0.25) is 9.78 Å². The van der Waals surface area contributed by atoms with E-state index < -0.39 is 0 Å². The highest BCUT2D eigenvalue weighted by molar-refractivity contribution is 5.92. The van der Waals surface area contributed by atoms with Gasteiger partial charge in [0.1, 0.15) is 0 Å². The Kier molecular flexibility index (Phi) is 5.03. The summed E-state index contributed by atoms with van der Waals surface area (Å²) in [5, 5.41) is 7.36. The van der Waals surface area contributed by atoms with E-state index in [0.29, 0.717) is 19.5 Å². The normalized spacial score (nSPS) is 10.8. The quantitative estimate of drug-likeness (QED) is 0.605. The van der Waals surface area contributed by atoms with Crippen LogP contribution in [-0.2, 0) is 11.2 Å². The minimum Gasteiger partial charge on any atom is -0.382 e. The highest BCUT2D eigenvalue weighted by Crippen LogP contribution is 2.26. The Balaban J connectivity index is 1.59. The van der Waals surface area contributed by atoms with Gasteiger partial charge in [0, 0.05) is 42.1 Å². The Morgan fingerprint density at radius 2 is 2.04 bits per heavy atom. The zero-order valence-electron chi connectivity index (χ0n) is 14.9. The first-order chi connectivity index (χ1) is 12.0. The van der Waals surface area contributed by atoms with Crippen LogP contribution in [0.4, 0.5) is 5.69 Å². The first-order valence-electron chi connectivity index (χ1n) is 8.53. The van der Waals surface area contributed by atoms with E-state index in [2.05, 4.69) is 46.6 Å². The third kappa shape index (κ3) is 3.99. The highest BCUT2D eigenvalue weighted by atomic mass is 16.1. The zero-order chi connectivity index (χ0) is 17.8. The summed E-state index contributed by atoms with van der Waals surface area (Å²) in [6.07, 6.45) is 3.89. The van der Waals surface area contributed by atoms with Crippen molar-refractivity contribution in [2.45, 2.75) is 27.2 Å². The Hall–Kier alpha value is -2.82. The summed E-state index contributed by atoms with van der Waals surface area (Å²) in [6.45, 7) is 7.46. The molecule has 2 heterocycles. The molecule has 0 aliphatic heterocycles. The van der Waals surface area contributed by atoms with Gasteiger partial charge in [0.15, 0.2) is 0 Å². The molecule has 5 heteroatoms. The smallest absolute Gasteiger partial charge is 0.224 e. The van der Waals surface area contributed by atoms with E-state index in [-0.39, 0.29) is 5.91 Å². The second-order valence-corrected chi connectivity index (χ2v) is 6.43. The monoisotopic (exact) mass is 336 g/mol. The van der Waals surface area contributed by atoms with Crippen molar-refractivity contribution in [3.05, 3.63) is 59.0 Å². The van der Waals surface area contributed by atoms with Gasteiger partial charge in [-0.2, -0.15) is 0 Å². The van der Waals surface area contributed by atoms with Crippen LogP contribution >= 0.6 is 0 Å². The summed E-state index contributed by atoms with van der Waals surface area (Å²) in [7, 11) is 0. The summed E-state index contributed by atoms with van der Waals surface area (Å²) in [5.41, 5.74) is 6.66. The molecule has 0 bridgehead atoms. The second kappa shape index (κ2) is 7.38. The number of benzene rings is 1. The number of aromatic nitrogens is 2. The number of carbonyl (C=O) groups excluding carboxylic acids is 1. The minimum atomic E-state index is 0.0381. The maximum absolute atomic E-state index is 12.3. The SMILES string of the molecule is Cc1cc(C)c2[nH]c(C)c(CC(=O)NCCNc3cccnc3)c2c1. The fourth-order valence-electron chi connectivity index (χ4n) is 3.16. The average Bonchev–Trinajstić information content (AvgIpc) is 2.89. The number of aryl methyl sites for hydroxylation is 3. The third-order valence-electron chi connectivity index (χ3n) is 4.35. The van der Waals surface area contributed by atoms with Crippen LogP contribution in [0.1, 0.15) is 22.4 Å². The Morgan fingerprint density at radius 1 is 1.20 bits per heavy atom. The lowest BCUT2D eigenvalue weighted by Gasteiger charge is -2.08. The number of nitrogens with zero attached hydrogens (tertiary/aromatic N) is 1. The van der Waals surface area contributed by atoms with Crippen LogP contribution in [-0.4, -0.2) is 29.0 Å². The van der Waals surface area contributed by atoms with Gasteiger partial charge in [-0.1, -0.05) is 11.6 Å². The molecule has 0 spiro atoms. The minimum absolute atomic E-state index is 0.0381. The Morgan fingerprint density at radius 3 is 2.80 bits per heavy atom. The van der Waals surface area contributed by atoms with E-state index in [0.717, 1.165) is 27.8 Å². The van der Waals surface area contributed by atoms with Crippen molar-refractivity contribution >= 4 is 22.5 Å². The number of anilines is 1. The topological polar surface area (TPSA) is 69.8 Å². The molecule has 0 saturated carbocycles. The maximum atomic E-state index is 12.3. The number of pyridine rings is 1. The number of nitrogens with one attached hydrogen (secondary N) is 3. The molecule has 130 valence electrons. The van der Waals surface area contributed by atoms with Gasteiger partial charge in [-0.15, -0.1) is 0 Å². The largest absolute Gasteiger partial charge is 0.382 e. The second-order valence-electron chi connectivity index (χ2n) is 6.43. The van der Waals surface area contributed by atoms with Gasteiger partial charge in [-0.25, -0.2) is 0 Å². The van der Waals surface area contributed by atoms with Crippen molar-refractivity contribution in [3.8, 4) is 0 Å². The molecule has 0 unspecified atom stereocenters. The van der Waals surface area contributed by atoms with Crippen molar-refractivity contribution in [2.75, 3.05) is 18.4 Å². The molecule has 1 aromatic carbocycles. The first kappa shape index (κ1) is 17.0. The number of fused-ring (bicyclic) bond motifs is 1. The molecule has 0 radical (unpaired) electrons. The molecular weight excluding hydrogens is 312 g/mol. The number of rotatable bonds is 6. The van der Waals surface area contributed by atoms with Crippen molar-refractivity contribution in [1.29, 1.82) is 0 Å². The standard InChI is InChI=1S/C20H24N4O/c1-13-9-14(2)20-18(10-13)17(15(3)24-20)11-19(25)23-8-7-22-16-5-4-6-21-12-16/h4-6,9-10,12,22,24H,7-8,11H2,1-3H3,(H,23,25). The third-order valence-corrected chi connectivity index (χ3v) is 4.35. The van der Waals surface area contributed by atoms with Gasteiger partial charge < -0.3 is 15.6 Å². The van der Waals surface area contributed by atoms with Gasteiger partial charge in [0.05, 0.1) is 12.1 Å². The van der Waals surface area contributed by atoms with Crippen molar-refractivity contribution < 1.29 is 4.79 Å². The van der Waals surface area contributed by atoms with Gasteiger partial charge in [-0.05, 0) is 50.1 Å². The van der Waals surface area contributed by atoms with Crippen LogP contribution in [0, 0.1) is 20.8 Å². The highest BCUT2D eigenvalue weighted by Gasteiger charge is 2.13. The molecule has 3 rings (SSSR count). The van der Waals surface area contributed by atoms with Crippen molar-refractivity contribution in [1.82, 2.24) is 15.3 Å². The van der Waals surface area contributed by atoms with Crippen LogP contribution in [0.5, 0.6) is 0 Å². The van der Waals surface area contributed by atoms with Gasteiger partial charge >= 0.3 is 0 Å². The molecule has 25 heavy (non-hydrogen) atoms. The lowest BCUT2D eigenvalue weighted by atomic mass is 10.0. The molecule has 0 saturated heterocycles.